The van der Waals surface area contributed by atoms with Gasteiger partial charge in [-0.05, 0) is 133 Å². The molecular formula is C73H50N2O. The lowest BCUT2D eigenvalue weighted by molar-refractivity contribution is 0.660. The first kappa shape index (κ1) is 43.8. The fourth-order valence-corrected chi connectivity index (χ4v) is 12.4. The van der Waals surface area contributed by atoms with Gasteiger partial charge in [-0.1, -0.05) is 214 Å². The summed E-state index contributed by atoms with van der Waals surface area (Å²) in [6.45, 7) is 4.70. The Balaban J connectivity index is 0.784. The second-order valence-corrected chi connectivity index (χ2v) is 20.9. The van der Waals surface area contributed by atoms with E-state index < -0.39 is 0 Å². The highest BCUT2D eigenvalue weighted by atomic mass is 16.3. The van der Waals surface area contributed by atoms with Gasteiger partial charge in [0.05, 0.1) is 16.7 Å². The van der Waals surface area contributed by atoms with E-state index >= 15 is 0 Å². The van der Waals surface area contributed by atoms with E-state index in [1.165, 1.54) is 77.1 Å². The molecule has 76 heavy (non-hydrogen) atoms. The molecular weight excluding hydrogens is 921 g/mol. The molecule has 1 aliphatic rings. The summed E-state index contributed by atoms with van der Waals surface area (Å²) in [6.07, 6.45) is 0. The van der Waals surface area contributed by atoms with Crippen molar-refractivity contribution in [3.05, 3.63) is 278 Å². The monoisotopic (exact) mass is 970 g/mol. The predicted molar refractivity (Wildman–Crippen MR) is 320 cm³/mol. The van der Waals surface area contributed by atoms with Crippen LogP contribution in [0.3, 0.4) is 0 Å². The van der Waals surface area contributed by atoms with Crippen LogP contribution in [0, 0.1) is 0 Å². The molecule has 3 heteroatoms. The maximum absolute atomic E-state index is 6.48. The van der Waals surface area contributed by atoms with E-state index in [9.17, 15) is 0 Å². The Morgan fingerprint density at radius 2 is 0.868 bits per heavy atom. The summed E-state index contributed by atoms with van der Waals surface area (Å²) in [4.78, 5) is 2.40. The number of furan rings is 1. The molecule has 15 rings (SSSR count). The maximum Gasteiger partial charge on any atom is 0.143 e. The van der Waals surface area contributed by atoms with Gasteiger partial charge in [0, 0.05) is 55.1 Å². The number of fused-ring (bicyclic) bond motifs is 10. The molecule has 3 nitrogen and oxygen atoms in total. The molecule has 358 valence electrons. The number of anilines is 3. The fraction of sp³-hybridized carbons (Fsp3) is 0.0411. The van der Waals surface area contributed by atoms with Gasteiger partial charge in [0.1, 0.15) is 11.2 Å². The average Bonchev–Trinajstić information content (AvgIpc) is 4.21. The Bertz CT molecular complexity index is 4590. The van der Waals surface area contributed by atoms with Gasteiger partial charge in [0.15, 0.2) is 0 Å². The van der Waals surface area contributed by atoms with E-state index in [2.05, 4.69) is 278 Å². The normalized spacial score (nSPS) is 12.7. The molecule has 2 heterocycles. The molecule has 0 radical (unpaired) electrons. The van der Waals surface area contributed by atoms with Crippen LogP contribution in [0.15, 0.2) is 271 Å². The Kier molecular flexibility index (Phi) is 9.92. The molecule has 14 aromatic rings. The predicted octanol–water partition coefficient (Wildman–Crippen LogP) is 20.3. The smallest absolute Gasteiger partial charge is 0.143 e. The number of nitrogens with zero attached hydrogens (tertiary/aromatic N) is 2. The zero-order valence-corrected chi connectivity index (χ0v) is 42.2. The summed E-state index contributed by atoms with van der Waals surface area (Å²) < 4.78 is 8.94. The van der Waals surface area contributed by atoms with E-state index in [-0.39, 0.29) is 5.41 Å². The van der Waals surface area contributed by atoms with Crippen LogP contribution < -0.4 is 4.90 Å². The highest BCUT2D eigenvalue weighted by Gasteiger charge is 2.36. The van der Waals surface area contributed by atoms with Gasteiger partial charge in [0.25, 0.3) is 0 Å². The van der Waals surface area contributed by atoms with Crippen molar-refractivity contribution < 1.29 is 4.42 Å². The summed E-state index contributed by atoms with van der Waals surface area (Å²) in [7, 11) is 0. The molecule has 0 aliphatic heterocycles. The zero-order valence-electron chi connectivity index (χ0n) is 42.2. The molecule has 0 atom stereocenters. The van der Waals surface area contributed by atoms with Crippen LogP contribution in [0.5, 0.6) is 0 Å². The number of hydrogen-bond donors (Lipinski definition) is 0. The topological polar surface area (TPSA) is 21.3 Å². The van der Waals surface area contributed by atoms with E-state index in [4.69, 9.17) is 4.42 Å². The van der Waals surface area contributed by atoms with Crippen LogP contribution in [0.4, 0.5) is 17.1 Å². The van der Waals surface area contributed by atoms with Crippen LogP contribution >= 0.6 is 0 Å². The quantitative estimate of drug-likeness (QED) is 0.151. The van der Waals surface area contributed by atoms with Gasteiger partial charge in [0.2, 0.25) is 0 Å². The van der Waals surface area contributed by atoms with Gasteiger partial charge >= 0.3 is 0 Å². The Morgan fingerprint density at radius 1 is 0.329 bits per heavy atom. The van der Waals surface area contributed by atoms with Crippen LogP contribution in [-0.2, 0) is 5.41 Å². The number of para-hydroxylation sites is 4. The molecule has 0 unspecified atom stereocenters. The number of aromatic nitrogens is 1. The van der Waals surface area contributed by atoms with Gasteiger partial charge in [-0.25, -0.2) is 0 Å². The molecule has 2 aromatic heterocycles. The van der Waals surface area contributed by atoms with E-state index in [1.54, 1.807) is 0 Å². The summed E-state index contributed by atoms with van der Waals surface area (Å²) in [5, 5.41) is 7.25. The SMILES string of the molecule is CC1(C)c2ccccc2-c2ccc(N(c3ccc(-c4ccc(-c5ccccc5-n5c6ccccc6c6ccc(-c7ccc8ccccc8c7)cc65)cc4)cc3)c3ccc(-c4cccc5c4oc4ccccc45)cc3)cc21. The summed E-state index contributed by atoms with van der Waals surface area (Å²) in [6, 6.07) is 97.7. The lowest BCUT2D eigenvalue weighted by atomic mass is 9.82. The summed E-state index contributed by atoms with van der Waals surface area (Å²) >= 11 is 0. The molecule has 12 aromatic carbocycles. The van der Waals surface area contributed by atoms with Crippen molar-refractivity contribution in [1.29, 1.82) is 0 Å². The Labute approximate surface area is 441 Å². The Morgan fingerprint density at radius 3 is 1.68 bits per heavy atom. The third-order valence-electron chi connectivity index (χ3n) is 16.2. The average molecular weight is 971 g/mol. The number of hydrogen-bond acceptors (Lipinski definition) is 2. The number of benzene rings is 12. The van der Waals surface area contributed by atoms with Crippen LogP contribution in [0.1, 0.15) is 25.0 Å². The third-order valence-corrected chi connectivity index (χ3v) is 16.2. The van der Waals surface area contributed by atoms with Gasteiger partial charge in [-0.2, -0.15) is 0 Å². The van der Waals surface area contributed by atoms with Crippen molar-refractivity contribution in [3.8, 4) is 61.3 Å². The van der Waals surface area contributed by atoms with Crippen molar-refractivity contribution >= 4 is 71.6 Å². The maximum atomic E-state index is 6.48. The van der Waals surface area contributed by atoms with Crippen molar-refractivity contribution in [2.24, 2.45) is 0 Å². The second kappa shape index (κ2) is 17.2. The second-order valence-electron chi connectivity index (χ2n) is 20.9. The van der Waals surface area contributed by atoms with Gasteiger partial charge in [-0.3, -0.25) is 0 Å². The first-order valence-electron chi connectivity index (χ1n) is 26.3. The highest BCUT2D eigenvalue weighted by Crippen LogP contribution is 2.51. The van der Waals surface area contributed by atoms with Crippen molar-refractivity contribution in [3.63, 3.8) is 0 Å². The minimum atomic E-state index is -0.134. The zero-order chi connectivity index (χ0) is 50.5. The van der Waals surface area contributed by atoms with E-state index in [0.29, 0.717) is 0 Å². The molecule has 0 amide bonds. The van der Waals surface area contributed by atoms with E-state index in [1.807, 2.05) is 12.1 Å². The molecule has 0 fully saturated rings. The van der Waals surface area contributed by atoms with Crippen molar-refractivity contribution in [2.45, 2.75) is 19.3 Å². The molecule has 0 saturated carbocycles. The molecule has 0 N–H and O–H groups in total. The summed E-state index contributed by atoms with van der Waals surface area (Å²) in [5.41, 5.74) is 23.1. The molecule has 0 spiro atoms. The fourth-order valence-electron chi connectivity index (χ4n) is 12.4. The largest absolute Gasteiger partial charge is 0.455 e. The summed E-state index contributed by atoms with van der Waals surface area (Å²) in [5.74, 6) is 0. The molecule has 0 saturated heterocycles. The lowest BCUT2D eigenvalue weighted by Gasteiger charge is -2.28. The first-order valence-corrected chi connectivity index (χ1v) is 26.3. The van der Waals surface area contributed by atoms with Gasteiger partial charge in [-0.15, -0.1) is 0 Å². The first-order chi connectivity index (χ1) is 37.4. The van der Waals surface area contributed by atoms with Gasteiger partial charge < -0.3 is 13.9 Å². The number of rotatable bonds is 8. The van der Waals surface area contributed by atoms with E-state index in [0.717, 1.165) is 66.9 Å². The highest BCUT2D eigenvalue weighted by molar-refractivity contribution is 6.11. The standard InChI is InChI=1S/C73H50N2O/c1-73(2)66-22-9-5-17-60(66)61-43-41-57(46-67(61)73)74(56-39-34-51(35-40-56)59-20-13-21-65-64-19-8-12-25-71(64)76-72(59)65)55-37-32-49(33-38-55)48-26-29-50(30-27-48)58-16-6-10-23-68(58)75-69-24-11-7-18-62(69)63-42-36-54(45-70(63)75)53-31-28-47-14-3-4-15-52(47)44-53/h3-46H,1-2H3. The van der Waals surface area contributed by atoms with Crippen LogP contribution in [0.2, 0.25) is 0 Å². The minimum absolute atomic E-state index is 0.134. The Hall–Kier alpha value is -9.70. The van der Waals surface area contributed by atoms with Crippen molar-refractivity contribution in [2.75, 3.05) is 4.90 Å². The molecule has 0 bridgehead atoms. The van der Waals surface area contributed by atoms with Crippen molar-refractivity contribution in [1.82, 2.24) is 4.57 Å². The minimum Gasteiger partial charge on any atom is -0.455 e. The lowest BCUT2D eigenvalue weighted by Crippen LogP contribution is -2.16. The third kappa shape index (κ3) is 6.97. The molecule has 1 aliphatic carbocycles. The van der Waals surface area contributed by atoms with Crippen LogP contribution in [-0.4, -0.2) is 4.57 Å². The van der Waals surface area contributed by atoms with Crippen LogP contribution in [0.25, 0.3) is 116 Å².